The van der Waals surface area contributed by atoms with Crippen LogP contribution in [0.2, 0.25) is 0 Å². The summed E-state index contributed by atoms with van der Waals surface area (Å²) in [5.41, 5.74) is 1.42. The van der Waals surface area contributed by atoms with Gasteiger partial charge >= 0.3 is 0 Å². The number of benzene rings is 3. The van der Waals surface area contributed by atoms with Crippen LogP contribution in [0.1, 0.15) is 43.1 Å². The van der Waals surface area contributed by atoms with Gasteiger partial charge in [-0.1, -0.05) is 78.3 Å². The summed E-state index contributed by atoms with van der Waals surface area (Å²) >= 11 is 3.66. The van der Waals surface area contributed by atoms with Gasteiger partial charge in [0.15, 0.2) is 11.6 Å². The molecule has 1 aliphatic rings. The predicted molar refractivity (Wildman–Crippen MR) is 149 cm³/mol. The first-order chi connectivity index (χ1) is 17.9. The van der Waals surface area contributed by atoms with E-state index in [2.05, 4.69) is 35.1 Å². The van der Waals surface area contributed by atoms with E-state index in [4.69, 9.17) is 19.6 Å². The maximum absolute atomic E-state index is 14.0. The standard InChI is InChI=1S/C30H33BrN2O4/c1-21(2)20-32-29(35)30(19-24-11-6-7-12-26(24)31)27(22-9-4-3-5-10-22)37-28(33-30)23-13-15-25(16-14-23)36-18-8-17-34/h3-7,9-16,21,27,34H,8,17-20H2,1-2H3,(H,32,35)/t27-,30-/m1/s1. The van der Waals surface area contributed by atoms with Gasteiger partial charge in [0, 0.05) is 36.0 Å². The fourth-order valence-electron chi connectivity index (χ4n) is 4.29. The Morgan fingerprint density at radius 3 is 2.46 bits per heavy atom. The Hall–Kier alpha value is -3.16. The number of aliphatic imine (C=N–C) groups is 1. The largest absolute Gasteiger partial charge is 0.494 e. The van der Waals surface area contributed by atoms with Gasteiger partial charge in [0.25, 0.3) is 5.91 Å². The number of nitrogens with zero attached hydrogens (tertiary/aromatic N) is 1. The number of carbonyl (C=O) groups excluding carboxylic acids is 1. The molecule has 37 heavy (non-hydrogen) atoms. The van der Waals surface area contributed by atoms with Gasteiger partial charge in [0.1, 0.15) is 5.75 Å². The number of hydrogen-bond donors (Lipinski definition) is 2. The van der Waals surface area contributed by atoms with Gasteiger partial charge in [-0.3, -0.25) is 4.79 Å². The minimum atomic E-state index is -1.20. The molecule has 1 aliphatic heterocycles. The van der Waals surface area contributed by atoms with E-state index in [9.17, 15) is 4.79 Å². The number of amides is 1. The van der Waals surface area contributed by atoms with Crippen LogP contribution in [0.25, 0.3) is 0 Å². The lowest BCUT2D eigenvalue weighted by Gasteiger charge is -2.31. The Bertz CT molecular complexity index is 1210. The van der Waals surface area contributed by atoms with Crippen LogP contribution < -0.4 is 10.1 Å². The second-order valence-electron chi connectivity index (χ2n) is 9.57. The summed E-state index contributed by atoms with van der Waals surface area (Å²) in [6.45, 7) is 5.21. The number of hydrogen-bond acceptors (Lipinski definition) is 5. The number of ether oxygens (including phenoxy) is 2. The molecule has 6 nitrogen and oxygen atoms in total. The van der Waals surface area contributed by atoms with Crippen LogP contribution in [0.5, 0.6) is 5.75 Å². The van der Waals surface area contributed by atoms with Crippen LogP contribution >= 0.6 is 15.9 Å². The van der Waals surface area contributed by atoms with Crippen molar-refractivity contribution >= 4 is 27.7 Å². The molecule has 3 aromatic rings. The molecule has 0 spiro atoms. The van der Waals surface area contributed by atoms with E-state index in [1.807, 2.05) is 78.9 Å². The SMILES string of the molecule is CC(C)CNC(=O)[C@]1(Cc2ccccc2Br)N=C(c2ccc(OCCCO)cc2)O[C@@H]1c1ccccc1. The number of carbonyl (C=O) groups is 1. The second kappa shape index (κ2) is 12.4. The molecule has 3 aromatic carbocycles. The Balaban J connectivity index is 1.76. The third-order valence-corrected chi connectivity index (χ3v) is 6.99. The first-order valence-corrected chi connectivity index (χ1v) is 13.4. The molecule has 1 amide bonds. The van der Waals surface area contributed by atoms with Crippen molar-refractivity contribution in [1.29, 1.82) is 0 Å². The highest BCUT2D eigenvalue weighted by Crippen LogP contribution is 2.43. The second-order valence-corrected chi connectivity index (χ2v) is 10.4. The van der Waals surface area contributed by atoms with Gasteiger partial charge in [-0.15, -0.1) is 0 Å². The number of aliphatic hydroxyl groups is 1. The average molecular weight is 566 g/mol. The zero-order valence-electron chi connectivity index (χ0n) is 21.2. The van der Waals surface area contributed by atoms with E-state index in [0.717, 1.165) is 21.2 Å². The quantitative estimate of drug-likeness (QED) is 0.302. The Labute approximate surface area is 226 Å². The van der Waals surface area contributed by atoms with Crippen molar-refractivity contribution in [2.24, 2.45) is 10.9 Å². The van der Waals surface area contributed by atoms with Crippen LogP contribution in [0.15, 0.2) is 88.3 Å². The molecule has 4 rings (SSSR count). The third kappa shape index (κ3) is 6.40. The lowest BCUT2D eigenvalue weighted by molar-refractivity contribution is -0.129. The molecule has 1 heterocycles. The molecule has 0 aromatic heterocycles. The van der Waals surface area contributed by atoms with Crippen molar-refractivity contribution in [3.8, 4) is 5.75 Å². The zero-order valence-corrected chi connectivity index (χ0v) is 22.8. The first kappa shape index (κ1) is 26.9. The van der Waals surface area contributed by atoms with Gasteiger partial charge in [-0.05, 0) is 47.4 Å². The maximum Gasteiger partial charge on any atom is 0.252 e. The summed E-state index contributed by atoms with van der Waals surface area (Å²) < 4.78 is 13.1. The summed E-state index contributed by atoms with van der Waals surface area (Å²) in [6, 6.07) is 25.2. The van der Waals surface area contributed by atoms with Crippen molar-refractivity contribution in [3.63, 3.8) is 0 Å². The highest BCUT2D eigenvalue weighted by Gasteiger charge is 2.53. The van der Waals surface area contributed by atoms with Crippen molar-refractivity contribution < 1.29 is 19.4 Å². The van der Waals surface area contributed by atoms with E-state index < -0.39 is 11.6 Å². The molecule has 7 heteroatoms. The Kier molecular flexibility index (Phi) is 9.00. The summed E-state index contributed by atoms with van der Waals surface area (Å²) in [5, 5.41) is 12.1. The summed E-state index contributed by atoms with van der Waals surface area (Å²) in [6.07, 6.45) is 0.326. The van der Waals surface area contributed by atoms with Crippen LogP contribution in [0, 0.1) is 5.92 Å². The Morgan fingerprint density at radius 2 is 1.78 bits per heavy atom. The lowest BCUT2D eigenvalue weighted by atomic mass is 9.82. The highest BCUT2D eigenvalue weighted by atomic mass is 79.9. The molecule has 0 aliphatic carbocycles. The predicted octanol–water partition coefficient (Wildman–Crippen LogP) is 5.48. The molecule has 194 valence electrons. The van der Waals surface area contributed by atoms with E-state index in [-0.39, 0.29) is 12.5 Å². The van der Waals surface area contributed by atoms with Crippen molar-refractivity contribution in [2.45, 2.75) is 38.3 Å². The summed E-state index contributed by atoms with van der Waals surface area (Å²) in [4.78, 5) is 19.0. The summed E-state index contributed by atoms with van der Waals surface area (Å²) in [7, 11) is 0. The van der Waals surface area contributed by atoms with Crippen LogP contribution in [0.4, 0.5) is 0 Å². The molecule has 0 saturated carbocycles. The van der Waals surface area contributed by atoms with Crippen LogP contribution in [-0.4, -0.2) is 42.2 Å². The van der Waals surface area contributed by atoms with Gasteiger partial charge in [0.2, 0.25) is 5.90 Å². The van der Waals surface area contributed by atoms with Gasteiger partial charge in [-0.25, -0.2) is 4.99 Å². The number of aliphatic hydroxyl groups excluding tert-OH is 1. The van der Waals surface area contributed by atoms with E-state index in [1.54, 1.807) is 0 Å². The third-order valence-electron chi connectivity index (χ3n) is 6.22. The average Bonchev–Trinajstić information content (AvgIpc) is 3.30. The lowest BCUT2D eigenvalue weighted by Crippen LogP contribution is -2.50. The first-order valence-electron chi connectivity index (χ1n) is 12.6. The zero-order chi connectivity index (χ0) is 26.3. The van der Waals surface area contributed by atoms with Gasteiger partial charge in [0.05, 0.1) is 6.61 Å². The van der Waals surface area contributed by atoms with Crippen molar-refractivity contribution in [2.75, 3.05) is 19.8 Å². The Morgan fingerprint density at radius 1 is 1.08 bits per heavy atom. The number of rotatable bonds is 11. The van der Waals surface area contributed by atoms with Crippen molar-refractivity contribution in [1.82, 2.24) is 5.32 Å². The smallest absolute Gasteiger partial charge is 0.252 e. The van der Waals surface area contributed by atoms with E-state index >= 15 is 0 Å². The molecule has 2 N–H and O–H groups in total. The molecule has 0 unspecified atom stereocenters. The fraction of sp³-hybridized carbons (Fsp3) is 0.333. The number of halogens is 1. The molecule has 0 saturated heterocycles. The van der Waals surface area contributed by atoms with E-state index in [1.165, 1.54) is 0 Å². The van der Waals surface area contributed by atoms with Crippen LogP contribution in [-0.2, 0) is 16.0 Å². The monoisotopic (exact) mass is 564 g/mol. The molecule has 0 bridgehead atoms. The minimum Gasteiger partial charge on any atom is -0.494 e. The topological polar surface area (TPSA) is 80.2 Å². The molecule has 0 radical (unpaired) electrons. The molecular formula is C30H33BrN2O4. The number of nitrogens with one attached hydrogen (secondary N) is 1. The summed E-state index contributed by atoms with van der Waals surface area (Å²) in [5.74, 6) is 1.25. The van der Waals surface area contributed by atoms with E-state index in [0.29, 0.717) is 43.6 Å². The van der Waals surface area contributed by atoms with Crippen LogP contribution in [0.3, 0.4) is 0 Å². The van der Waals surface area contributed by atoms with Gasteiger partial charge < -0.3 is 19.9 Å². The van der Waals surface area contributed by atoms with Crippen molar-refractivity contribution in [3.05, 3.63) is 100 Å². The van der Waals surface area contributed by atoms with Gasteiger partial charge in [-0.2, -0.15) is 0 Å². The molecule has 0 fully saturated rings. The molecular weight excluding hydrogens is 532 g/mol. The fourth-order valence-corrected chi connectivity index (χ4v) is 4.72. The minimum absolute atomic E-state index is 0.0854. The maximum atomic E-state index is 14.0. The highest BCUT2D eigenvalue weighted by molar-refractivity contribution is 9.10. The molecule has 2 atom stereocenters. The normalized spacial score (nSPS) is 18.8.